The van der Waals surface area contributed by atoms with Gasteiger partial charge < -0.3 is 0 Å². The predicted octanol–water partition coefficient (Wildman–Crippen LogP) is 0.234. The minimum atomic E-state index is -3.48. The molecule has 0 bridgehead atoms. The summed E-state index contributed by atoms with van der Waals surface area (Å²) in [6, 6.07) is 0.0343. The maximum absolute atomic E-state index is 12.1. The van der Waals surface area contributed by atoms with Gasteiger partial charge in [-0.05, 0) is 25.7 Å². The lowest BCUT2D eigenvalue weighted by Gasteiger charge is -2.22. The molecule has 1 aliphatic rings. The summed E-state index contributed by atoms with van der Waals surface area (Å²) in [7, 11) is -0.279. The van der Waals surface area contributed by atoms with Gasteiger partial charge in [-0.1, -0.05) is 0 Å². The molecule has 2 rings (SSSR count). The Morgan fingerprint density at radius 2 is 2.19 bits per heavy atom. The fourth-order valence-corrected chi connectivity index (χ4v) is 2.99. The van der Waals surface area contributed by atoms with Gasteiger partial charge in [0, 0.05) is 20.1 Å². The van der Waals surface area contributed by atoms with Gasteiger partial charge in [0.15, 0.2) is 0 Å². The minimum Gasteiger partial charge on any atom is -0.205 e. The third-order valence-corrected chi connectivity index (χ3v) is 4.91. The first-order chi connectivity index (χ1) is 7.43. The molecule has 1 aliphatic carbocycles. The van der Waals surface area contributed by atoms with Crippen LogP contribution in [0.3, 0.4) is 0 Å². The van der Waals surface area contributed by atoms with Crippen molar-refractivity contribution in [1.29, 1.82) is 0 Å². The summed E-state index contributed by atoms with van der Waals surface area (Å²) in [5.74, 6) is 0.497. The van der Waals surface area contributed by atoms with Crippen molar-refractivity contribution in [3.63, 3.8) is 0 Å². The highest BCUT2D eigenvalue weighted by Crippen LogP contribution is 2.36. The SMILES string of the molecule is CC(C1CC1)N(C)S(=O)(=O)c1cnn(C)n1. The van der Waals surface area contributed by atoms with Crippen LogP contribution in [0.4, 0.5) is 0 Å². The summed E-state index contributed by atoms with van der Waals surface area (Å²) in [4.78, 5) is 1.25. The number of hydrogen-bond acceptors (Lipinski definition) is 4. The van der Waals surface area contributed by atoms with Crippen molar-refractivity contribution in [2.75, 3.05) is 7.05 Å². The Morgan fingerprint density at radius 3 is 2.62 bits per heavy atom. The van der Waals surface area contributed by atoms with Crippen molar-refractivity contribution < 1.29 is 8.42 Å². The second-order valence-electron chi connectivity index (χ2n) is 4.27. The summed E-state index contributed by atoms with van der Waals surface area (Å²) >= 11 is 0. The maximum atomic E-state index is 12.1. The van der Waals surface area contributed by atoms with Crippen molar-refractivity contribution in [2.24, 2.45) is 13.0 Å². The molecular weight excluding hydrogens is 228 g/mol. The van der Waals surface area contributed by atoms with Crippen LogP contribution in [0.2, 0.25) is 0 Å². The molecule has 0 amide bonds. The third kappa shape index (κ3) is 1.97. The van der Waals surface area contributed by atoms with E-state index in [1.165, 1.54) is 15.3 Å². The molecule has 1 fully saturated rings. The van der Waals surface area contributed by atoms with Gasteiger partial charge in [-0.3, -0.25) is 0 Å². The van der Waals surface area contributed by atoms with Crippen LogP contribution < -0.4 is 0 Å². The number of aryl methyl sites for hydroxylation is 1. The van der Waals surface area contributed by atoms with Crippen LogP contribution in [0, 0.1) is 5.92 Å². The summed E-state index contributed by atoms with van der Waals surface area (Å²) < 4.78 is 25.7. The zero-order valence-electron chi connectivity index (χ0n) is 9.66. The number of nitrogens with zero attached hydrogens (tertiary/aromatic N) is 4. The van der Waals surface area contributed by atoms with Crippen LogP contribution in [0.15, 0.2) is 11.2 Å². The van der Waals surface area contributed by atoms with Crippen LogP contribution in [0.5, 0.6) is 0 Å². The molecule has 1 heterocycles. The average Bonchev–Trinajstić information content (AvgIpc) is 2.98. The zero-order valence-corrected chi connectivity index (χ0v) is 10.5. The molecule has 0 aliphatic heterocycles. The lowest BCUT2D eigenvalue weighted by Crippen LogP contribution is -2.36. The lowest BCUT2D eigenvalue weighted by atomic mass is 10.2. The molecule has 1 atom stereocenters. The Balaban J connectivity index is 2.24. The number of hydrogen-bond donors (Lipinski definition) is 0. The van der Waals surface area contributed by atoms with Gasteiger partial charge in [-0.15, -0.1) is 5.10 Å². The van der Waals surface area contributed by atoms with E-state index < -0.39 is 10.0 Å². The van der Waals surface area contributed by atoms with E-state index in [1.54, 1.807) is 14.1 Å². The van der Waals surface area contributed by atoms with E-state index in [0.29, 0.717) is 5.92 Å². The van der Waals surface area contributed by atoms with E-state index >= 15 is 0 Å². The molecular formula is C9H16N4O2S. The Morgan fingerprint density at radius 1 is 1.56 bits per heavy atom. The van der Waals surface area contributed by atoms with E-state index in [0.717, 1.165) is 12.8 Å². The number of aromatic nitrogens is 3. The molecule has 1 saturated carbocycles. The van der Waals surface area contributed by atoms with E-state index in [2.05, 4.69) is 10.2 Å². The largest absolute Gasteiger partial charge is 0.264 e. The van der Waals surface area contributed by atoms with Gasteiger partial charge >= 0.3 is 0 Å². The minimum absolute atomic E-state index is 0.0185. The van der Waals surface area contributed by atoms with E-state index in [4.69, 9.17) is 0 Å². The van der Waals surface area contributed by atoms with Gasteiger partial charge in [0.25, 0.3) is 10.0 Å². The van der Waals surface area contributed by atoms with Gasteiger partial charge in [-0.25, -0.2) is 8.42 Å². The van der Waals surface area contributed by atoms with E-state index in [1.807, 2.05) is 6.92 Å². The van der Waals surface area contributed by atoms with Crippen LogP contribution in [0.1, 0.15) is 19.8 Å². The Labute approximate surface area is 95.3 Å². The van der Waals surface area contributed by atoms with Crippen molar-refractivity contribution in [1.82, 2.24) is 19.3 Å². The van der Waals surface area contributed by atoms with E-state index in [-0.39, 0.29) is 11.1 Å². The molecule has 0 aromatic carbocycles. The molecule has 7 heteroatoms. The second-order valence-corrected chi connectivity index (χ2v) is 6.22. The topological polar surface area (TPSA) is 68.1 Å². The monoisotopic (exact) mass is 244 g/mol. The summed E-state index contributed by atoms with van der Waals surface area (Å²) in [6.45, 7) is 1.94. The normalized spacial score (nSPS) is 19.0. The highest BCUT2D eigenvalue weighted by Gasteiger charge is 2.36. The van der Waals surface area contributed by atoms with Gasteiger partial charge in [0.05, 0.1) is 6.20 Å². The molecule has 90 valence electrons. The first-order valence-electron chi connectivity index (χ1n) is 5.27. The van der Waals surface area contributed by atoms with Gasteiger partial charge in [0.2, 0.25) is 5.03 Å². The molecule has 0 saturated heterocycles. The molecule has 1 aromatic rings. The van der Waals surface area contributed by atoms with E-state index in [9.17, 15) is 8.42 Å². The van der Waals surface area contributed by atoms with Crippen LogP contribution in [0.25, 0.3) is 0 Å². The fourth-order valence-electron chi connectivity index (χ4n) is 1.69. The third-order valence-electron chi connectivity index (χ3n) is 3.10. The Bertz CT molecular complexity index is 477. The quantitative estimate of drug-likeness (QED) is 0.760. The second kappa shape index (κ2) is 3.81. The highest BCUT2D eigenvalue weighted by molar-refractivity contribution is 7.89. The van der Waals surface area contributed by atoms with Crippen molar-refractivity contribution in [2.45, 2.75) is 30.8 Å². The molecule has 6 nitrogen and oxygen atoms in total. The molecule has 0 N–H and O–H groups in total. The summed E-state index contributed by atoms with van der Waals surface area (Å²) in [5, 5.41) is 7.64. The summed E-state index contributed by atoms with van der Waals surface area (Å²) in [5.41, 5.74) is 0. The number of sulfonamides is 1. The fraction of sp³-hybridized carbons (Fsp3) is 0.778. The predicted molar refractivity (Wildman–Crippen MR) is 58.1 cm³/mol. The first kappa shape index (κ1) is 11.5. The maximum Gasteiger partial charge on any atom is 0.264 e. The van der Waals surface area contributed by atoms with Crippen LogP contribution in [-0.2, 0) is 17.1 Å². The van der Waals surface area contributed by atoms with Crippen molar-refractivity contribution in [3.05, 3.63) is 6.20 Å². The van der Waals surface area contributed by atoms with Crippen LogP contribution >= 0.6 is 0 Å². The van der Waals surface area contributed by atoms with Gasteiger partial charge in [-0.2, -0.15) is 14.2 Å². The molecule has 16 heavy (non-hydrogen) atoms. The Kier molecular flexibility index (Phi) is 2.75. The first-order valence-corrected chi connectivity index (χ1v) is 6.71. The van der Waals surface area contributed by atoms with Crippen molar-refractivity contribution in [3.8, 4) is 0 Å². The molecule has 1 aromatic heterocycles. The smallest absolute Gasteiger partial charge is 0.205 e. The van der Waals surface area contributed by atoms with Crippen molar-refractivity contribution >= 4 is 10.0 Å². The molecule has 0 radical (unpaired) electrons. The highest BCUT2D eigenvalue weighted by atomic mass is 32.2. The van der Waals surface area contributed by atoms with Crippen LogP contribution in [-0.4, -0.2) is 40.8 Å². The lowest BCUT2D eigenvalue weighted by molar-refractivity contribution is 0.355. The zero-order chi connectivity index (χ0) is 11.9. The Hall–Kier alpha value is -0.950. The standard InChI is InChI=1S/C9H16N4O2S/c1-7(8-4-5-8)12(2)16(14,15)9-6-10-13(3)11-9/h6-8H,4-5H2,1-3H3. The molecule has 0 spiro atoms. The van der Waals surface area contributed by atoms with Gasteiger partial charge in [0.1, 0.15) is 0 Å². The molecule has 1 unspecified atom stereocenters. The number of rotatable bonds is 4. The average molecular weight is 244 g/mol. The summed E-state index contributed by atoms with van der Waals surface area (Å²) in [6.07, 6.45) is 3.51.